The highest BCUT2D eigenvalue weighted by Crippen LogP contribution is 2.21. The zero-order valence-corrected chi connectivity index (χ0v) is 10.9. The van der Waals surface area contributed by atoms with E-state index in [-0.39, 0.29) is 5.91 Å². The number of benzene rings is 1. The standard InChI is InChI=1S/C14H18N2O3/c17-14-13-2-1-12(9-11(13)10-15-14)19-8-5-16-3-6-18-7-4-16/h1-2,9H,3-8,10H2,(H,15,17). The molecule has 0 spiro atoms. The van der Waals surface area contributed by atoms with Crippen molar-refractivity contribution in [3.05, 3.63) is 29.3 Å². The monoisotopic (exact) mass is 262 g/mol. The van der Waals surface area contributed by atoms with E-state index in [1.54, 1.807) is 0 Å². The molecule has 1 saturated heterocycles. The molecule has 5 nitrogen and oxygen atoms in total. The lowest BCUT2D eigenvalue weighted by Gasteiger charge is -2.26. The molecule has 2 heterocycles. The number of nitrogens with zero attached hydrogens (tertiary/aromatic N) is 1. The van der Waals surface area contributed by atoms with Gasteiger partial charge in [0.05, 0.1) is 13.2 Å². The molecule has 102 valence electrons. The molecule has 0 aliphatic carbocycles. The second-order valence-corrected chi connectivity index (χ2v) is 4.80. The van der Waals surface area contributed by atoms with E-state index in [2.05, 4.69) is 10.2 Å². The van der Waals surface area contributed by atoms with E-state index in [1.807, 2.05) is 18.2 Å². The summed E-state index contributed by atoms with van der Waals surface area (Å²) in [6.45, 7) is 5.77. The molecule has 1 aromatic rings. The topological polar surface area (TPSA) is 50.8 Å². The number of rotatable bonds is 4. The quantitative estimate of drug-likeness (QED) is 0.865. The molecular formula is C14H18N2O3. The molecule has 19 heavy (non-hydrogen) atoms. The lowest BCUT2D eigenvalue weighted by molar-refractivity contribution is 0.0322. The van der Waals surface area contributed by atoms with Crippen LogP contribution in [0.3, 0.4) is 0 Å². The Kier molecular flexibility index (Phi) is 3.66. The Morgan fingerprint density at radius 3 is 3.00 bits per heavy atom. The molecule has 2 aliphatic rings. The van der Waals surface area contributed by atoms with Crippen molar-refractivity contribution in [2.24, 2.45) is 0 Å². The van der Waals surface area contributed by atoms with Gasteiger partial charge >= 0.3 is 0 Å². The number of fused-ring (bicyclic) bond motifs is 1. The highest BCUT2D eigenvalue weighted by atomic mass is 16.5. The second-order valence-electron chi connectivity index (χ2n) is 4.80. The average molecular weight is 262 g/mol. The lowest BCUT2D eigenvalue weighted by atomic mass is 10.1. The number of carbonyl (C=O) groups excluding carboxylic acids is 1. The molecule has 1 N–H and O–H groups in total. The van der Waals surface area contributed by atoms with E-state index in [4.69, 9.17) is 9.47 Å². The van der Waals surface area contributed by atoms with E-state index in [9.17, 15) is 4.79 Å². The van der Waals surface area contributed by atoms with Crippen molar-refractivity contribution in [1.82, 2.24) is 10.2 Å². The van der Waals surface area contributed by atoms with Crippen molar-refractivity contribution >= 4 is 5.91 Å². The number of morpholine rings is 1. The molecule has 0 aromatic heterocycles. The zero-order chi connectivity index (χ0) is 13.1. The van der Waals surface area contributed by atoms with Crippen LogP contribution in [0.2, 0.25) is 0 Å². The number of carbonyl (C=O) groups is 1. The van der Waals surface area contributed by atoms with Gasteiger partial charge in [0.15, 0.2) is 0 Å². The van der Waals surface area contributed by atoms with Crippen molar-refractivity contribution < 1.29 is 14.3 Å². The summed E-state index contributed by atoms with van der Waals surface area (Å²) in [7, 11) is 0. The normalized spacial score (nSPS) is 19.1. The summed E-state index contributed by atoms with van der Waals surface area (Å²) < 4.78 is 11.1. The third kappa shape index (κ3) is 2.88. The van der Waals surface area contributed by atoms with Gasteiger partial charge in [0.1, 0.15) is 12.4 Å². The zero-order valence-electron chi connectivity index (χ0n) is 10.9. The van der Waals surface area contributed by atoms with E-state index >= 15 is 0 Å². The summed E-state index contributed by atoms with van der Waals surface area (Å²) in [5, 5.41) is 2.80. The molecule has 0 saturated carbocycles. The summed E-state index contributed by atoms with van der Waals surface area (Å²) in [5.74, 6) is 0.846. The maximum absolute atomic E-state index is 11.4. The smallest absolute Gasteiger partial charge is 0.251 e. The fourth-order valence-electron chi connectivity index (χ4n) is 2.42. The van der Waals surface area contributed by atoms with Crippen molar-refractivity contribution in [1.29, 1.82) is 0 Å². The first-order valence-corrected chi connectivity index (χ1v) is 6.67. The lowest BCUT2D eigenvalue weighted by Crippen LogP contribution is -2.38. The number of hydrogen-bond donors (Lipinski definition) is 1. The third-order valence-electron chi connectivity index (χ3n) is 3.54. The van der Waals surface area contributed by atoms with Crippen LogP contribution in [-0.2, 0) is 11.3 Å². The summed E-state index contributed by atoms with van der Waals surface area (Å²) in [6.07, 6.45) is 0. The first-order chi connectivity index (χ1) is 9.33. The van der Waals surface area contributed by atoms with Gasteiger partial charge in [-0.1, -0.05) is 0 Å². The minimum Gasteiger partial charge on any atom is -0.492 e. The minimum atomic E-state index is 0.00914. The SMILES string of the molecule is O=C1NCc2cc(OCCN3CCOCC3)ccc21. The minimum absolute atomic E-state index is 0.00914. The van der Waals surface area contributed by atoms with Crippen LogP contribution in [0.15, 0.2) is 18.2 Å². The van der Waals surface area contributed by atoms with Gasteiger partial charge in [-0.25, -0.2) is 0 Å². The van der Waals surface area contributed by atoms with Gasteiger partial charge in [-0.3, -0.25) is 9.69 Å². The van der Waals surface area contributed by atoms with Gasteiger partial charge in [0.25, 0.3) is 5.91 Å². The fourth-order valence-corrected chi connectivity index (χ4v) is 2.42. The molecule has 1 amide bonds. The number of nitrogens with one attached hydrogen (secondary N) is 1. The first kappa shape index (κ1) is 12.4. The van der Waals surface area contributed by atoms with E-state index in [0.29, 0.717) is 13.2 Å². The summed E-state index contributed by atoms with van der Waals surface area (Å²) in [5.41, 5.74) is 1.79. The number of hydrogen-bond acceptors (Lipinski definition) is 4. The van der Waals surface area contributed by atoms with Gasteiger partial charge < -0.3 is 14.8 Å². The van der Waals surface area contributed by atoms with Gasteiger partial charge in [0, 0.05) is 31.7 Å². The Morgan fingerprint density at radius 1 is 1.32 bits per heavy atom. The van der Waals surface area contributed by atoms with Crippen molar-refractivity contribution in [3.8, 4) is 5.75 Å². The number of amides is 1. The summed E-state index contributed by atoms with van der Waals surface area (Å²) in [6, 6.07) is 5.65. The predicted molar refractivity (Wildman–Crippen MR) is 70.4 cm³/mol. The van der Waals surface area contributed by atoms with Gasteiger partial charge in [-0.2, -0.15) is 0 Å². The molecule has 0 unspecified atom stereocenters. The van der Waals surface area contributed by atoms with Gasteiger partial charge in [0.2, 0.25) is 0 Å². The maximum Gasteiger partial charge on any atom is 0.251 e. The van der Waals surface area contributed by atoms with Crippen LogP contribution >= 0.6 is 0 Å². The van der Waals surface area contributed by atoms with E-state index in [1.165, 1.54) is 0 Å². The Hall–Kier alpha value is -1.59. The first-order valence-electron chi connectivity index (χ1n) is 6.67. The third-order valence-corrected chi connectivity index (χ3v) is 3.54. The second kappa shape index (κ2) is 5.59. The highest BCUT2D eigenvalue weighted by Gasteiger charge is 2.18. The molecular weight excluding hydrogens is 244 g/mol. The van der Waals surface area contributed by atoms with Crippen LogP contribution in [0.25, 0.3) is 0 Å². The Balaban J connectivity index is 1.51. The Morgan fingerprint density at radius 2 is 2.16 bits per heavy atom. The maximum atomic E-state index is 11.4. The van der Waals surface area contributed by atoms with E-state index < -0.39 is 0 Å². The van der Waals surface area contributed by atoms with Crippen molar-refractivity contribution in [2.75, 3.05) is 39.5 Å². The average Bonchev–Trinajstić information content (AvgIpc) is 2.81. The largest absolute Gasteiger partial charge is 0.492 e. The molecule has 1 aromatic carbocycles. The van der Waals surface area contributed by atoms with Crippen LogP contribution in [0, 0.1) is 0 Å². The van der Waals surface area contributed by atoms with Crippen LogP contribution in [0.1, 0.15) is 15.9 Å². The molecule has 5 heteroatoms. The fraction of sp³-hybridized carbons (Fsp3) is 0.500. The van der Waals surface area contributed by atoms with Crippen LogP contribution in [0.5, 0.6) is 5.75 Å². The highest BCUT2D eigenvalue weighted by molar-refractivity contribution is 5.98. The summed E-state index contributed by atoms with van der Waals surface area (Å²) >= 11 is 0. The Labute approximate surface area is 112 Å². The molecule has 0 radical (unpaired) electrons. The predicted octanol–water partition coefficient (Wildman–Crippen LogP) is 0.641. The molecule has 3 rings (SSSR count). The molecule has 1 fully saturated rings. The van der Waals surface area contributed by atoms with Crippen LogP contribution in [-0.4, -0.2) is 50.3 Å². The Bertz CT molecular complexity index is 470. The van der Waals surface area contributed by atoms with Gasteiger partial charge in [-0.05, 0) is 23.8 Å². The molecule has 0 bridgehead atoms. The van der Waals surface area contributed by atoms with Crippen molar-refractivity contribution in [2.45, 2.75) is 6.54 Å². The van der Waals surface area contributed by atoms with Gasteiger partial charge in [-0.15, -0.1) is 0 Å². The van der Waals surface area contributed by atoms with Crippen LogP contribution < -0.4 is 10.1 Å². The van der Waals surface area contributed by atoms with Crippen molar-refractivity contribution in [3.63, 3.8) is 0 Å². The van der Waals surface area contributed by atoms with E-state index in [0.717, 1.165) is 49.7 Å². The van der Waals surface area contributed by atoms with Crippen LogP contribution in [0.4, 0.5) is 0 Å². The molecule has 2 aliphatic heterocycles. The molecule has 0 atom stereocenters. The number of ether oxygens (including phenoxy) is 2. The summed E-state index contributed by atoms with van der Waals surface area (Å²) in [4.78, 5) is 13.8.